The number of rotatable bonds is 6. The van der Waals surface area contributed by atoms with Gasteiger partial charge in [0.25, 0.3) is 0 Å². The van der Waals surface area contributed by atoms with Gasteiger partial charge in [0.2, 0.25) is 0 Å². The van der Waals surface area contributed by atoms with Gasteiger partial charge in [-0.1, -0.05) is 43.7 Å². The summed E-state index contributed by atoms with van der Waals surface area (Å²) < 4.78 is 44.3. The first-order valence-corrected chi connectivity index (χ1v) is 19.3. The van der Waals surface area contributed by atoms with E-state index in [4.69, 9.17) is 26.1 Å². The number of likely N-dealkylation sites (tertiary alicyclic amines) is 1. The van der Waals surface area contributed by atoms with Gasteiger partial charge in [-0.05, 0) is 90.6 Å². The molecule has 3 atom stereocenters. The fourth-order valence-electron chi connectivity index (χ4n) is 8.34. The number of carboxylic acid groups (broad SMARTS) is 1. The molecule has 4 aromatic rings. The molecule has 0 aliphatic carbocycles. The zero-order chi connectivity index (χ0) is 39.1. The Morgan fingerprint density at radius 2 is 1.85 bits per heavy atom. The summed E-state index contributed by atoms with van der Waals surface area (Å²) >= 11 is 7.86. The number of nitrogens with one attached hydrogen (secondary N) is 1. The highest BCUT2D eigenvalue weighted by Gasteiger charge is 2.59. The van der Waals surface area contributed by atoms with Crippen LogP contribution in [0.1, 0.15) is 74.1 Å². The van der Waals surface area contributed by atoms with Crippen LogP contribution in [0.3, 0.4) is 0 Å². The van der Waals surface area contributed by atoms with Crippen LogP contribution in [0.2, 0.25) is 5.02 Å². The molecule has 3 aliphatic rings. The molecular formula is C38H46ClF2N7O5S. The maximum absolute atomic E-state index is 17.3. The summed E-state index contributed by atoms with van der Waals surface area (Å²) in [5, 5.41) is 13.3. The van der Waals surface area contributed by atoms with Crippen molar-refractivity contribution in [2.24, 2.45) is 5.41 Å². The van der Waals surface area contributed by atoms with E-state index in [1.165, 1.54) is 12.1 Å². The van der Waals surface area contributed by atoms with Crippen molar-refractivity contribution in [2.75, 3.05) is 43.5 Å². The van der Waals surface area contributed by atoms with Crippen molar-refractivity contribution in [3.63, 3.8) is 0 Å². The monoisotopic (exact) mass is 785 g/mol. The number of carbonyl (C=O) groups excluding carboxylic acids is 1. The molecule has 2 amide bonds. The lowest BCUT2D eigenvalue weighted by Crippen LogP contribution is -2.68. The van der Waals surface area contributed by atoms with Crippen molar-refractivity contribution in [3.8, 4) is 17.1 Å². The molecule has 0 saturated carbocycles. The number of nitrogens with zero attached hydrogens (tertiary/aromatic N) is 6. The highest BCUT2D eigenvalue weighted by atomic mass is 35.5. The van der Waals surface area contributed by atoms with Crippen LogP contribution >= 0.6 is 22.9 Å². The molecule has 0 radical (unpaired) electrons. The lowest BCUT2D eigenvalue weighted by molar-refractivity contribution is 0.00527. The van der Waals surface area contributed by atoms with E-state index in [1.54, 1.807) is 31.7 Å². The molecule has 54 heavy (non-hydrogen) atoms. The van der Waals surface area contributed by atoms with Crippen molar-refractivity contribution in [2.45, 2.75) is 96.9 Å². The molecule has 12 nitrogen and oxygen atoms in total. The highest BCUT2D eigenvalue weighted by Crippen LogP contribution is 2.51. The third kappa shape index (κ3) is 6.55. The summed E-state index contributed by atoms with van der Waals surface area (Å²) in [7, 11) is 2.04. The standard InChI is InChI=1S/C38H46ClF2N7O5S/c1-35(2,3)38-14-12-20(48(38)34(50)51)17-47(18-38)30-22-16-23(39)25(26(41)27(22)42-31(44-30)52-19-37(7)13-9-15-46(37)8)21-10-11-24(40)29-28(21)43-32(54-29)45-33(49)53-36(4,5)6/h10-11,16,20H,9,12-15,17-19H2,1-8H3,(H,50,51)(H,43,45,49). The second kappa shape index (κ2) is 13.3. The molecule has 2 aromatic carbocycles. The van der Waals surface area contributed by atoms with Gasteiger partial charge in [0.1, 0.15) is 29.4 Å². The Morgan fingerprint density at radius 3 is 2.50 bits per heavy atom. The molecule has 2 N–H and O–H groups in total. The number of anilines is 2. The zero-order valence-corrected chi connectivity index (χ0v) is 33.3. The third-order valence-corrected chi connectivity index (χ3v) is 12.6. The molecule has 3 saturated heterocycles. The van der Waals surface area contributed by atoms with Crippen LogP contribution in [0.25, 0.3) is 32.2 Å². The van der Waals surface area contributed by atoms with E-state index >= 15 is 8.78 Å². The minimum Gasteiger partial charge on any atom is -0.465 e. The van der Waals surface area contributed by atoms with Crippen LogP contribution in [0.15, 0.2) is 18.2 Å². The molecule has 3 unspecified atom stereocenters. The summed E-state index contributed by atoms with van der Waals surface area (Å²) in [5.74, 6) is -0.996. The number of ether oxygens (including phenoxy) is 2. The number of carbonyl (C=O) groups is 2. The Hall–Kier alpha value is -4.08. The SMILES string of the molecule is CN1CCCC1(C)COc1nc(N2CC3CCC(C(C)(C)C)(C2)N3C(=O)O)c2cc(Cl)c(-c3ccc(F)c4sc(NC(=O)OC(C)(C)C)nc34)c(F)c2n1. The number of piperazine rings is 1. The van der Waals surface area contributed by atoms with Gasteiger partial charge in [0.15, 0.2) is 10.9 Å². The average Bonchev–Trinajstić information content (AvgIpc) is 3.72. The predicted octanol–water partition coefficient (Wildman–Crippen LogP) is 8.80. The Labute approximate surface area is 321 Å². The summed E-state index contributed by atoms with van der Waals surface area (Å²) in [4.78, 5) is 45.0. The maximum Gasteiger partial charge on any atom is 0.413 e. The number of halogens is 3. The topological polar surface area (TPSA) is 133 Å². The first kappa shape index (κ1) is 38.2. The van der Waals surface area contributed by atoms with E-state index in [-0.39, 0.29) is 61.2 Å². The Balaban J connectivity index is 1.37. The maximum atomic E-state index is 17.3. The number of hydrogen-bond donors (Lipinski definition) is 2. The smallest absolute Gasteiger partial charge is 0.413 e. The number of likely N-dealkylation sites (N-methyl/N-ethyl adjacent to an activating group) is 1. The zero-order valence-electron chi connectivity index (χ0n) is 31.8. The average molecular weight is 786 g/mol. The van der Waals surface area contributed by atoms with Gasteiger partial charge in [0, 0.05) is 29.6 Å². The molecule has 0 spiro atoms. The predicted molar refractivity (Wildman–Crippen MR) is 206 cm³/mol. The van der Waals surface area contributed by atoms with E-state index in [0.717, 1.165) is 30.7 Å². The Morgan fingerprint density at radius 1 is 1.11 bits per heavy atom. The number of thiazole rings is 1. The van der Waals surface area contributed by atoms with Crippen molar-refractivity contribution in [1.29, 1.82) is 0 Å². The van der Waals surface area contributed by atoms with Crippen LogP contribution < -0.4 is 15.0 Å². The summed E-state index contributed by atoms with van der Waals surface area (Å²) in [6.45, 7) is 15.2. The molecule has 290 valence electrons. The van der Waals surface area contributed by atoms with Crippen LogP contribution in [-0.4, -0.2) is 98.1 Å². The molecule has 7 rings (SSSR count). The highest BCUT2D eigenvalue weighted by molar-refractivity contribution is 7.22. The van der Waals surface area contributed by atoms with Crippen molar-refractivity contribution in [3.05, 3.63) is 34.9 Å². The van der Waals surface area contributed by atoms with E-state index in [2.05, 4.69) is 27.1 Å². The normalized spacial score (nSPS) is 23.4. The Bertz CT molecular complexity index is 2170. The Kier molecular flexibility index (Phi) is 9.41. The molecular weight excluding hydrogens is 740 g/mol. The fraction of sp³-hybridized carbons (Fsp3) is 0.553. The first-order valence-electron chi connectivity index (χ1n) is 18.1. The fourth-order valence-corrected chi connectivity index (χ4v) is 9.51. The molecule has 2 aromatic heterocycles. The lowest BCUT2D eigenvalue weighted by Gasteiger charge is -2.54. The van der Waals surface area contributed by atoms with Gasteiger partial charge in [-0.2, -0.15) is 9.97 Å². The first-order chi connectivity index (χ1) is 25.2. The van der Waals surface area contributed by atoms with E-state index < -0.39 is 40.4 Å². The van der Waals surface area contributed by atoms with E-state index in [9.17, 15) is 14.7 Å². The lowest BCUT2D eigenvalue weighted by atomic mass is 9.71. The summed E-state index contributed by atoms with van der Waals surface area (Å²) in [6, 6.07) is 3.87. The molecule has 3 aliphatic heterocycles. The molecule has 2 bridgehead atoms. The third-order valence-electron chi connectivity index (χ3n) is 11.4. The largest absolute Gasteiger partial charge is 0.465 e. The second-order valence-corrected chi connectivity index (χ2v) is 18.4. The van der Waals surface area contributed by atoms with E-state index in [1.807, 2.05) is 32.7 Å². The quantitative estimate of drug-likeness (QED) is 0.195. The van der Waals surface area contributed by atoms with Gasteiger partial charge in [-0.15, -0.1) is 0 Å². The van der Waals surface area contributed by atoms with Crippen LogP contribution in [0.4, 0.5) is 29.3 Å². The van der Waals surface area contributed by atoms with Crippen LogP contribution in [0.5, 0.6) is 6.01 Å². The number of amides is 2. The van der Waals surface area contributed by atoms with Crippen molar-refractivity contribution < 1.29 is 33.0 Å². The van der Waals surface area contributed by atoms with E-state index in [0.29, 0.717) is 37.1 Å². The summed E-state index contributed by atoms with van der Waals surface area (Å²) in [6.07, 6.45) is 1.53. The second-order valence-electron chi connectivity index (χ2n) is 17.0. The van der Waals surface area contributed by atoms with Crippen molar-refractivity contribution >= 4 is 67.2 Å². The van der Waals surface area contributed by atoms with Gasteiger partial charge < -0.3 is 19.5 Å². The van der Waals surface area contributed by atoms with Gasteiger partial charge in [-0.25, -0.2) is 23.4 Å². The number of hydrogen-bond acceptors (Lipinski definition) is 10. The van der Waals surface area contributed by atoms with Gasteiger partial charge >= 0.3 is 18.2 Å². The van der Waals surface area contributed by atoms with Crippen LogP contribution in [-0.2, 0) is 4.74 Å². The number of fused-ring (bicyclic) bond motifs is 4. The summed E-state index contributed by atoms with van der Waals surface area (Å²) in [5.41, 5.74) is -2.03. The molecule has 16 heteroatoms. The van der Waals surface area contributed by atoms with Crippen molar-refractivity contribution in [1.82, 2.24) is 24.8 Å². The van der Waals surface area contributed by atoms with Gasteiger partial charge in [0.05, 0.1) is 32.4 Å². The van der Waals surface area contributed by atoms with Gasteiger partial charge in [-0.3, -0.25) is 15.1 Å². The molecule has 3 fully saturated rings. The number of aromatic nitrogens is 3. The number of benzene rings is 2. The molecule has 5 heterocycles. The van der Waals surface area contributed by atoms with Crippen LogP contribution in [0, 0.1) is 17.0 Å². The minimum absolute atomic E-state index is 0.0128. The minimum atomic E-state index is -0.964.